The molecule has 0 saturated carbocycles. The molecule has 7 nitrogen and oxygen atoms in total. The van der Waals surface area contributed by atoms with Crippen LogP contribution in [-0.2, 0) is 14.3 Å². The lowest BCUT2D eigenvalue weighted by atomic mass is 10.2. The molecule has 2 amide bonds. The molecule has 0 bridgehead atoms. The highest BCUT2D eigenvalue weighted by Gasteiger charge is 2.17. The molecule has 0 atom stereocenters. The molecular weight excluding hydrogens is 343 g/mol. The second kappa shape index (κ2) is 8.61. The van der Waals surface area contributed by atoms with Crippen LogP contribution in [0.25, 0.3) is 0 Å². The van der Waals surface area contributed by atoms with E-state index in [4.69, 9.17) is 4.74 Å². The Labute approximate surface area is 149 Å². The van der Waals surface area contributed by atoms with Gasteiger partial charge in [-0.1, -0.05) is 12.1 Å². The van der Waals surface area contributed by atoms with E-state index in [-0.39, 0.29) is 17.9 Å². The van der Waals surface area contributed by atoms with Crippen molar-refractivity contribution in [3.8, 4) is 5.75 Å². The SMILES string of the molecule is CN(CC(=O)Nc1ccc(F)cc1)C(=O)COC(=O)c1ccccc1O. The maximum Gasteiger partial charge on any atom is 0.342 e. The lowest BCUT2D eigenvalue weighted by Gasteiger charge is -2.17. The summed E-state index contributed by atoms with van der Waals surface area (Å²) in [6.45, 7) is -0.849. The number of hydrogen-bond acceptors (Lipinski definition) is 5. The third kappa shape index (κ3) is 5.30. The smallest absolute Gasteiger partial charge is 0.342 e. The molecule has 0 fully saturated rings. The quantitative estimate of drug-likeness (QED) is 0.766. The largest absolute Gasteiger partial charge is 0.507 e. The van der Waals surface area contributed by atoms with Crippen LogP contribution in [0, 0.1) is 5.82 Å². The Morgan fingerprint density at radius 3 is 2.42 bits per heavy atom. The zero-order valence-electron chi connectivity index (χ0n) is 13.9. The lowest BCUT2D eigenvalue weighted by Crippen LogP contribution is -2.37. The maximum absolute atomic E-state index is 12.8. The second-order valence-corrected chi connectivity index (χ2v) is 5.40. The number of halogens is 1. The Bertz CT molecular complexity index is 807. The van der Waals surface area contributed by atoms with E-state index in [2.05, 4.69) is 5.32 Å². The number of phenolic OH excluding ortho intramolecular Hbond substituents is 1. The predicted octanol–water partition coefficient (Wildman–Crippen LogP) is 1.79. The van der Waals surface area contributed by atoms with Gasteiger partial charge in [-0.3, -0.25) is 9.59 Å². The van der Waals surface area contributed by atoms with E-state index in [9.17, 15) is 23.9 Å². The molecular formula is C18H17FN2O5. The zero-order chi connectivity index (χ0) is 19.1. The minimum atomic E-state index is -0.847. The summed E-state index contributed by atoms with van der Waals surface area (Å²) in [5.41, 5.74) is 0.334. The molecule has 0 heterocycles. The topological polar surface area (TPSA) is 95.9 Å². The minimum Gasteiger partial charge on any atom is -0.507 e. The molecule has 0 aromatic heterocycles. The average Bonchev–Trinajstić information content (AvgIpc) is 2.61. The van der Waals surface area contributed by atoms with Crippen LogP contribution >= 0.6 is 0 Å². The van der Waals surface area contributed by atoms with Gasteiger partial charge in [0.15, 0.2) is 6.61 Å². The normalized spacial score (nSPS) is 10.1. The van der Waals surface area contributed by atoms with Crippen molar-refractivity contribution in [1.29, 1.82) is 0 Å². The van der Waals surface area contributed by atoms with E-state index in [1.165, 1.54) is 43.4 Å². The van der Waals surface area contributed by atoms with Gasteiger partial charge < -0.3 is 20.1 Å². The molecule has 0 spiro atoms. The van der Waals surface area contributed by atoms with Crippen molar-refractivity contribution in [2.24, 2.45) is 0 Å². The van der Waals surface area contributed by atoms with Crippen LogP contribution < -0.4 is 5.32 Å². The molecule has 2 rings (SSSR count). The second-order valence-electron chi connectivity index (χ2n) is 5.40. The highest BCUT2D eigenvalue weighted by atomic mass is 19.1. The molecule has 2 N–H and O–H groups in total. The number of carbonyl (C=O) groups excluding carboxylic acids is 3. The Morgan fingerprint density at radius 2 is 1.77 bits per heavy atom. The Balaban J connectivity index is 1.81. The van der Waals surface area contributed by atoms with Crippen molar-refractivity contribution in [3.63, 3.8) is 0 Å². The third-order valence-corrected chi connectivity index (χ3v) is 3.39. The highest BCUT2D eigenvalue weighted by Crippen LogP contribution is 2.16. The van der Waals surface area contributed by atoms with Gasteiger partial charge in [-0.25, -0.2) is 9.18 Å². The number of phenols is 1. The fraction of sp³-hybridized carbons (Fsp3) is 0.167. The number of nitrogens with one attached hydrogen (secondary N) is 1. The van der Waals surface area contributed by atoms with Crippen LogP contribution in [0.2, 0.25) is 0 Å². The van der Waals surface area contributed by atoms with Crippen molar-refractivity contribution in [3.05, 3.63) is 59.9 Å². The van der Waals surface area contributed by atoms with Gasteiger partial charge in [-0.15, -0.1) is 0 Å². The van der Waals surface area contributed by atoms with Gasteiger partial charge in [0.2, 0.25) is 5.91 Å². The molecule has 8 heteroatoms. The first-order valence-electron chi connectivity index (χ1n) is 7.61. The molecule has 0 unspecified atom stereocenters. The van der Waals surface area contributed by atoms with Crippen molar-refractivity contribution in [2.75, 3.05) is 25.5 Å². The van der Waals surface area contributed by atoms with Crippen molar-refractivity contribution < 1.29 is 28.6 Å². The van der Waals surface area contributed by atoms with E-state index in [1.807, 2.05) is 0 Å². The van der Waals surface area contributed by atoms with E-state index in [0.29, 0.717) is 5.69 Å². The fourth-order valence-corrected chi connectivity index (χ4v) is 2.00. The number of aromatic hydroxyl groups is 1. The maximum atomic E-state index is 12.8. The van der Waals surface area contributed by atoms with Crippen molar-refractivity contribution in [1.82, 2.24) is 4.90 Å². The number of hydrogen-bond donors (Lipinski definition) is 2. The number of rotatable bonds is 6. The molecule has 0 saturated heterocycles. The molecule has 0 radical (unpaired) electrons. The van der Waals surface area contributed by atoms with Gasteiger partial charge in [0.1, 0.15) is 17.1 Å². The third-order valence-electron chi connectivity index (χ3n) is 3.39. The summed E-state index contributed by atoms with van der Waals surface area (Å²) < 4.78 is 17.7. The number of carbonyl (C=O) groups is 3. The van der Waals surface area contributed by atoms with E-state index in [0.717, 1.165) is 4.90 Å². The van der Waals surface area contributed by atoms with Gasteiger partial charge in [-0.05, 0) is 36.4 Å². The van der Waals surface area contributed by atoms with Gasteiger partial charge in [-0.2, -0.15) is 0 Å². The number of esters is 1. The zero-order valence-corrected chi connectivity index (χ0v) is 13.9. The number of benzene rings is 2. The first-order chi connectivity index (χ1) is 12.4. The standard InChI is InChI=1S/C18H17FN2O5/c1-21(10-16(23)20-13-8-6-12(19)7-9-13)17(24)11-26-18(25)14-4-2-3-5-15(14)22/h2-9,22H,10-11H2,1H3,(H,20,23). The monoisotopic (exact) mass is 360 g/mol. The molecule has 136 valence electrons. The van der Waals surface area contributed by atoms with Crippen LogP contribution in [0.15, 0.2) is 48.5 Å². The van der Waals surface area contributed by atoms with Gasteiger partial charge in [0.25, 0.3) is 5.91 Å². The molecule has 0 aliphatic carbocycles. The summed E-state index contributed by atoms with van der Waals surface area (Å²) in [6, 6.07) is 11.0. The van der Waals surface area contributed by atoms with Crippen molar-refractivity contribution >= 4 is 23.5 Å². The molecule has 0 aliphatic rings. The van der Waals surface area contributed by atoms with Crippen LogP contribution in [-0.4, -0.2) is 48.0 Å². The van der Waals surface area contributed by atoms with Crippen molar-refractivity contribution in [2.45, 2.75) is 0 Å². The fourth-order valence-electron chi connectivity index (χ4n) is 2.00. The first kappa shape index (κ1) is 18.9. The minimum absolute atomic E-state index is 0.0583. The first-order valence-corrected chi connectivity index (χ1v) is 7.61. The van der Waals surface area contributed by atoms with Gasteiger partial charge >= 0.3 is 5.97 Å². The summed E-state index contributed by atoms with van der Waals surface area (Å²) in [7, 11) is 1.38. The Morgan fingerprint density at radius 1 is 1.12 bits per heavy atom. The number of likely N-dealkylation sites (N-methyl/N-ethyl adjacent to an activating group) is 1. The van der Waals surface area contributed by atoms with E-state index in [1.54, 1.807) is 12.1 Å². The van der Waals surface area contributed by atoms with E-state index >= 15 is 0 Å². The number of amides is 2. The molecule has 26 heavy (non-hydrogen) atoms. The number of para-hydroxylation sites is 1. The Kier molecular flexibility index (Phi) is 6.26. The van der Waals surface area contributed by atoms with E-state index < -0.39 is 30.2 Å². The summed E-state index contributed by atoms with van der Waals surface area (Å²) in [5.74, 6) is -2.61. The van der Waals surface area contributed by atoms with Crippen LogP contribution in [0.4, 0.5) is 10.1 Å². The van der Waals surface area contributed by atoms with Crippen LogP contribution in [0.1, 0.15) is 10.4 Å². The Hall–Kier alpha value is -3.42. The summed E-state index contributed by atoms with van der Waals surface area (Å²) in [4.78, 5) is 36.7. The average molecular weight is 360 g/mol. The lowest BCUT2D eigenvalue weighted by molar-refractivity contribution is -0.136. The predicted molar refractivity (Wildman–Crippen MR) is 91.1 cm³/mol. The van der Waals surface area contributed by atoms with Crippen LogP contribution in [0.3, 0.4) is 0 Å². The number of ether oxygens (including phenoxy) is 1. The summed E-state index contributed by atoms with van der Waals surface area (Å²) in [5, 5.41) is 12.1. The number of nitrogens with zero attached hydrogens (tertiary/aromatic N) is 1. The van der Waals surface area contributed by atoms with Crippen LogP contribution in [0.5, 0.6) is 5.75 Å². The summed E-state index contributed by atoms with van der Waals surface area (Å²) in [6.07, 6.45) is 0. The molecule has 0 aliphatic heterocycles. The van der Waals surface area contributed by atoms with Gasteiger partial charge in [0.05, 0.1) is 6.54 Å². The van der Waals surface area contributed by atoms with Gasteiger partial charge in [0, 0.05) is 12.7 Å². The number of anilines is 1. The molecule has 2 aromatic rings. The highest BCUT2D eigenvalue weighted by molar-refractivity contribution is 5.96. The summed E-state index contributed by atoms with van der Waals surface area (Å²) >= 11 is 0. The molecule has 2 aromatic carbocycles.